The van der Waals surface area contributed by atoms with Crippen molar-refractivity contribution in [1.29, 1.82) is 0 Å². The summed E-state index contributed by atoms with van der Waals surface area (Å²) in [6, 6.07) is 0. The second-order valence-electron chi connectivity index (χ2n) is 5.04. The molecule has 1 heterocycles. The topological polar surface area (TPSA) is 26.0 Å². The lowest BCUT2D eigenvalue weighted by Gasteiger charge is -2.20. The van der Waals surface area contributed by atoms with E-state index in [0.29, 0.717) is 0 Å². The van der Waals surface area contributed by atoms with Crippen molar-refractivity contribution in [2.24, 2.45) is 5.73 Å². The summed E-state index contributed by atoms with van der Waals surface area (Å²) < 4.78 is 0. The van der Waals surface area contributed by atoms with Gasteiger partial charge in [0.1, 0.15) is 0 Å². The lowest BCUT2D eigenvalue weighted by molar-refractivity contribution is 0.513. The van der Waals surface area contributed by atoms with E-state index in [2.05, 4.69) is 19.2 Å². The molecule has 78 valence electrons. The number of hydrogen-bond donors (Lipinski definition) is 1. The van der Waals surface area contributed by atoms with Crippen LogP contribution in [0.4, 0.5) is 0 Å². The Kier molecular flexibility index (Phi) is 2.67. The highest BCUT2D eigenvalue weighted by molar-refractivity contribution is 7.10. The Hall–Kier alpha value is -0.340. The van der Waals surface area contributed by atoms with E-state index in [1.165, 1.54) is 31.2 Å². The van der Waals surface area contributed by atoms with Crippen LogP contribution < -0.4 is 5.73 Å². The normalized spacial score (nSPS) is 16.8. The van der Waals surface area contributed by atoms with Crippen molar-refractivity contribution >= 4 is 11.3 Å². The maximum absolute atomic E-state index is 6.06. The molecule has 0 aromatic carbocycles. The number of hydrogen-bond acceptors (Lipinski definition) is 2. The molecule has 2 heteroatoms. The van der Waals surface area contributed by atoms with Crippen LogP contribution in [0.1, 0.15) is 42.7 Å². The van der Waals surface area contributed by atoms with Crippen molar-refractivity contribution in [2.45, 2.75) is 51.5 Å². The van der Waals surface area contributed by atoms with E-state index >= 15 is 0 Å². The van der Waals surface area contributed by atoms with Gasteiger partial charge in [0.05, 0.1) is 0 Å². The molecule has 1 aliphatic rings. The SMILES string of the molecule is CC(C)(N)Cc1csc2c1CCCC2. The third-order valence-electron chi connectivity index (χ3n) is 2.79. The predicted octanol–water partition coefficient (Wildman–Crippen LogP) is 2.91. The van der Waals surface area contributed by atoms with Gasteiger partial charge in [0.25, 0.3) is 0 Å². The van der Waals surface area contributed by atoms with Crippen LogP contribution >= 0.6 is 11.3 Å². The molecule has 0 radical (unpaired) electrons. The molecule has 0 unspecified atom stereocenters. The molecule has 0 saturated carbocycles. The molecule has 0 bridgehead atoms. The van der Waals surface area contributed by atoms with Crippen molar-refractivity contribution in [3.63, 3.8) is 0 Å². The van der Waals surface area contributed by atoms with Crippen LogP contribution in [0.15, 0.2) is 5.38 Å². The molecule has 1 nitrogen and oxygen atoms in total. The smallest absolute Gasteiger partial charge is 0.0138 e. The van der Waals surface area contributed by atoms with Crippen LogP contribution in [-0.2, 0) is 19.3 Å². The van der Waals surface area contributed by atoms with Gasteiger partial charge in [-0.3, -0.25) is 0 Å². The van der Waals surface area contributed by atoms with Crippen molar-refractivity contribution in [3.05, 3.63) is 21.4 Å². The van der Waals surface area contributed by atoms with Gasteiger partial charge >= 0.3 is 0 Å². The highest BCUT2D eigenvalue weighted by Crippen LogP contribution is 2.31. The third-order valence-corrected chi connectivity index (χ3v) is 3.93. The molecule has 14 heavy (non-hydrogen) atoms. The van der Waals surface area contributed by atoms with Gasteiger partial charge in [-0.2, -0.15) is 0 Å². The number of aryl methyl sites for hydroxylation is 1. The molecule has 0 saturated heterocycles. The van der Waals surface area contributed by atoms with E-state index in [0.717, 1.165) is 6.42 Å². The van der Waals surface area contributed by atoms with Crippen LogP contribution in [0.5, 0.6) is 0 Å². The first-order valence-electron chi connectivity index (χ1n) is 5.43. The average molecular weight is 209 g/mol. The van der Waals surface area contributed by atoms with Crippen LogP contribution in [0.25, 0.3) is 0 Å². The molecule has 0 aliphatic heterocycles. The van der Waals surface area contributed by atoms with Gasteiger partial charge in [-0.05, 0) is 62.5 Å². The van der Waals surface area contributed by atoms with E-state index in [4.69, 9.17) is 5.73 Å². The van der Waals surface area contributed by atoms with Gasteiger partial charge in [0.2, 0.25) is 0 Å². The zero-order valence-electron chi connectivity index (χ0n) is 9.10. The fraction of sp³-hybridized carbons (Fsp3) is 0.667. The lowest BCUT2D eigenvalue weighted by atomic mass is 9.90. The maximum atomic E-state index is 6.06. The summed E-state index contributed by atoms with van der Waals surface area (Å²) in [5.41, 5.74) is 9.14. The molecular formula is C12H19NS. The van der Waals surface area contributed by atoms with E-state index in [-0.39, 0.29) is 5.54 Å². The Balaban J connectivity index is 2.22. The van der Waals surface area contributed by atoms with Crippen molar-refractivity contribution in [3.8, 4) is 0 Å². The summed E-state index contributed by atoms with van der Waals surface area (Å²) in [5.74, 6) is 0. The molecule has 1 aromatic rings. The quantitative estimate of drug-likeness (QED) is 0.796. The number of fused-ring (bicyclic) bond motifs is 1. The Bertz CT molecular complexity index is 320. The lowest BCUT2D eigenvalue weighted by Crippen LogP contribution is -2.34. The van der Waals surface area contributed by atoms with Crippen LogP contribution in [0.3, 0.4) is 0 Å². The first-order valence-corrected chi connectivity index (χ1v) is 6.31. The Morgan fingerprint density at radius 1 is 1.36 bits per heavy atom. The molecule has 0 amide bonds. The van der Waals surface area contributed by atoms with E-state index in [1.807, 2.05) is 11.3 Å². The average Bonchev–Trinajstić information content (AvgIpc) is 2.47. The second-order valence-corrected chi connectivity index (χ2v) is 6.00. The van der Waals surface area contributed by atoms with Crippen LogP contribution in [0.2, 0.25) is 0 Å². The largest absolute Gasteiger partial charge is 0.325 e. The van der Waals surface area contributed by atoms with E-state index in [1.54, 1.807) is 10.4 Å². The van der Waals surface area contributed by atoms with Gasteiger partial charge in [-0.15, -0.1) is 11.3 Å². The minimum Gasteiger partial charge on any atom is -0.325 e. The van der Waals surface area contributed by atoms with Crippen molar-refractivity contribution in [2.75, 3.05) is 0 Å². The molecule has 1 aromatic heterocycles. The molecule has 1 aliphatic carbocycles. The first-order chi connectivity index (χ1) is 6.56. The Labute approximate surface area is 90.3 Å². The summed E-state index contributed by atoms with van der Waals surface area (Å²) in [7, 11) is 0. The molecule has 2 rings (SSSR count). The van der Waals surface area contributed by atoms with Gasteiger partial charge in [0.15, 0.2) is 0 Å². The minimum atomic E-state index is -0.0632. The van der Waals surface area contributed by atoms with Crippen molar-refractivity contribution in [1.82, 2.24) is 0 Å². The van der Waals surface area contributed by atoms with Gasteiger partial charge in [-0.1, -0.05) is 0 Å². The van der Waals surface area contributed by atoms with Crippen LogP contribution in [0, 0.1) is 0 Å². The molecule has 0 spiro atoms. The fourth-order valence-electron chi connectivity index (χ4n) is 2.20. The number of thiophene rings is 1. The zero-order valence-corrected chi connectivity index (χ0v) is 9.91. The first kappa shape index (κ1) is 10.2. The summed E-state index contributed by atoms with van der Waals surface area (Å²) >= 11 is 1.94. The highest BCUT2D eigenvalue weighted by Gasteiger charge is 2.19. The minimum absolute atomic E-state index is 0.0632. The summed E-state index contributed by atoms with van der Waals surface area (Å²) in [6.45, 7) is 4.22. The molecule has 2 N–H and O–H groups in total. The number of rotatable bonds is 2. The van der Waals surface area contributed by atoms with Gasteiger partial charge in [0, 0.05) is 10.4 Å². The van der Waals surface area contributed by atoms with Crippen LogP contribution in [-0.4, -0.2) is 5.54 Å². The van der Waals surface area contributed by atoms with Gasteiger partial charge in [-0.25, -0.2) is 0 Å². The zero-order chi connectivity index (χ0) is 10.2. The van der Waals surface area contributed by atoms with E-state index < -0.39 is 0 Å². The second kappa shape index (κ2) is 3.67. The Morgan fingerprint density at radius 2 is 2.07 bits per heavy atom. The monoisotopic (exact) mass is 209 g/mol. The van der Waals surface area contributed by atoms with Gasteiger partial charge < -0.3 is 5.73 Å². The molecular weight excluding hydrogens is 190 g/mol. The fourth-order valence-corrected chi connectivity index (χ4v) is 3.35. The standard InChI is InChI=1S/C12H19NS/c1-12(2,13)7-9-8-14-11-6-4-3-5-10(9)11/h8H,3-7,13H2,1-2H3. The molecule has 0 fully saturated rings. The third kappa shape index (κ3) is 2.18. The van der Waals surface area contributed by atoms with E-state index in [9.17, 15) is 0 Å². The summed E-state index contributed by atoms with van der Waals surface area (Å²) in [6.07, 6.45) is 6.34. The maximum Gasteiger partial charge on any atom is 0.0138 e. The van der Waals surface area contributed by atoms with Crippen molar-refractivity contribution < 1.29 is 0 Å². The predicted molar refractivity (Wildman–Crippen MR) is 62.9 cm³/mol. The summed E-state index contributed by atoms with van der Waals surface area (Å²) in [5, 5.41) is 2.32. The highest BCUT2D eigenvalue weighted by atomic mass is 32.1. The molecule has 0 atom stereocenters. The summed E-state index contributed by atoms with van der Waals surface area (Å²) in [4.78, 5) is 1.62. The Morgan fingerprint density at radius 3 is 2.79 bits per heavy atom. The number of nitrogens with two attached hydrogens (primary N) is 1.